The Bertz CT molecular complexity index is 431. The van der Waals surface area contributed by atoms with Crippen molar-refractivity contribution in [1.82, 2.24) is 4.98 Å². The van der Waals surface area contributed by atoms with Crippen LogP contribution in [0.5, 0.6) is 0 Å². The first-order valence-corrected chi connectivity index (χ1v) is 4.56. The molecule has 3 N–H and O–H groups in total. The SMILES string of the molecule is ONc1cccc(Nc2cccnc2)c1. The Morgan fingerprint density at radius 2 is 1.80 bits per heavy atom. The Balaban J connectivity index is 2.17. The molecule has 0 aliphatic heterocycles. The summed E-state index contributed by atoms with van der Waals surface area (Å²) in [4.78, 5) is 4.00. The van der Waals surface area contributed by atoms with Crippen molar-refractivity contribution >= 4 is 17.1 Å². The highest BCUT2D eigenvalue weighted by atomic mass is 16.5. The molecule has 0 atom stereocenters. The lowest BCUT2D eigenvalue weighted by atomic mass is 10.2. The van der Waals surface area contributed by atoms with Crippen molar-refractivity contribution in [2.75, 3.05) is 10.8 Å². The Morgan fingerprint density at radius 3 is 2.53 bits per heavy atom. The molecule has 0 amide bonds. The number of aromatic nitrogens is 1. The molecule has 2 aromatic rings. The van der Waals surface area contributed by atoms with Crippen LogP contribution in [0.3, 0.4) is 0 Å². The van der Waals surface area contributed by atoms with Crippen molar-refractivity contribution in [1.29, 1.82) is 0 Å². The van der Waals surface area contributed by atoms with E-state index in [0.29, 0.717) is 5.69 Å². The zero-order valence-electron chi connectivity index (χ0n) is 8.01. The number of rotatable bonds is 3. The van der Waals surface area contributed by atoms with Gasteiger partial charge in [-0.25, -0.2) is 0 Å². The van der Waals surface area contributed by atoms with E-state index in [-0.39, 0.29) is 0 Å². The molecule has 0 unspecified atom stereocenters. The van der Waals surface area contributed by atoms with Crippen LogP contribution in [0.25, 0.3) is 0 Å². The van der Waals surface area contributed by atoms with E-state index in [1.165, 1.54) is 0 Å². The Labute approximate surface area is 87.6 Å². The third-order valence-corrected chi connectivity index (χ3v) is 1.94. The molecule has 1 heterocycles. The summed E-state index contributed by atoms with van der Waals surface area (Å²) < 4.78 is 0. The van der Waals surface area contributed by atoms with Crippen LogP contribution in [0.4, 0.5) is 17.1 Å². The van der Waals surface area contributed by atoms with Crippen LogP contribution < -0.4 is 10.8 Å². The summed E-state index contributed by atoms with van der Waals surface area (Å²) in [6.45, 7) is 0. The van der Waals surface area contributed by atoms with Crippen LogP contribution in [0.15, 0.2) is 48.8 Å². The van der Waals surface area contributed by atoms with Gasteiger partial charge in [-0.3, -0.25) is 15.7 Å². The topological polar surface area (TPSA) is 57.2 Å². The normalized spacial score (nSPS) is 9.67. The first-order valence-electron chi connectivity index (χ1n) is 4.56. The highest BCUT2D eigenvalue weighted by molar-refractivity contribution is 5.63. The summed E-state index contributed by atoms with van der Waals surface area (Å²) in [5.41, 5.74) is 4.54. The first-order chi connectivity index (χ1) is 7.38. The Morgan fingerprint density at radius 1 is 1.00 bits per heavy atom. The summed E-state index contributed by atoms with van der Waals surface area (Å²) in [5, 5.41) is 11.9. The van der Waals surface area contributed by atoms with Gasteiger partial charge in [-0.2, -0.15) is 0 Å². The number of hydrogen-bond donors (Lipinski definition) is 3. The maximum atomic E-state index is 8.74. The number of nitrogens with zero attached hydrogens (tertiary/aromatic N) is 1. The summed E-state index contributed by atoms with van der Waals surface area (Å²) >= 11 is 0. The largest absolute Gasteiger partial charge is 0.354 e. The van der Waals surface area contributed by atoms with E-state index in [9.17, 15) is 0 Å². The van der Waals surface area contributed by atoms with Crippen molar-refractivity contribution in [3.8, 4) is 0 Å². The average molecular weight is 201 g/mol. The minimum atomic E-state index is 0.642. The van der Waals surface area contributed by atoms with Crippen molar-refractivity contribution < 1.29 is 5.21 Å². The number of nitrogens with one attached hydrogen (secondary N) is 2. The third-order valence-electron chi connectivity index (χ3n) is 1.94. The summed E-state index contributed by atoms with van der Waals surface area (Å²) in [6.07, 6.45) is 3.45. The number of hydrogen-bond acceptors (Lipinski definition) is 4. The molecule has 0 saturated heterocycles. The predicted octanol–water partition coefficient (Wildman–Crippen LogP) is 2.63. The monoisotopic (exact) mass is 201 g/mol. The second-order valence-electron chi connectivity index (χ2n) is 3.06. The highest BCUT2D eigenvalue weighted by Crippen LogP contribution is 2.18. The number of pyridine rings is 1. The molecule has 4 heteroatoms. The average Bonchev–Trinajstić information content (AvgIpc) is 2.31. The van der Waals surface area contributed by atoms with Crippen molar-refractivity contribution in [3.63, 3.8) is 0 Å². The molecule has 0 radical (unpaired) electrons. The molecule has 4 nitrogen and oxygen atoms in total. The van der Waals surface area contributed by atoms with E-state index < -0.39 is 0 Å². The second-order valence-corrected chi connectivity index (χ2v) is 3.06. The molecule has 0 saturated carbocycles. The second kappa shape index (κ2) is 4.43. The van der Waals surface area contributed by atoms with Crippen LogP contribution in [0, 0.1) is 0 Å². The molecule has 0 aliphatic carbocycles. The molecule has 1 aromatic carbocycles. The highest BCUT2D eigenvalue weighted by Gasteiger charge is 1.95. The van der Waals surface area contributed by atoms with Crippen molar-refractivity contribution in [3.05, 3.63) is 48.8 Å². The standard InChI is InChI=1S/C11H11N3O/c15-14-10-4-1-3-9(7-10)13-11-5-2-6-12-8-11/h1-8,13-15H. The lowest BCUT2D eigenvalue weighted by Crippen LogP contribution is -1.93. The Kier molecular flexibility index (Phi) is 2.80. The molecule has 0 fully saturated rings. The van der Waals surface area contributed by atoms with Gasteiger partial charge in [0.1, 0.15) is 0 Å². The van der Waals surface area contributed by atoms with Gasteiger partial charge in [0.25, 0.3) is 0 Å². The fourth-order valence-corrected chi connectivity index (χ4v) is 1.27. The van der Waals surface area contributed by atoms with E-state index >= 15 is 0 Å². The molecule has 1 aromatic heterocycles. The minimum absolute atomic E-state index is 0.642. The minimum Gasteiger partial charge on any atom is -0.354 e. The summed E-state index contributed by atoms with van der Waals surface area (Å²) in [6, 6.07) is 11.1. The smallest absolute Gasteiger partial charge is 0.0622 e. The molecular formula is C11H11N3O. The lowest BCUT2D eigenvalue weighted by molar-refractivity contribution is 0.389. The molecular weight excluding hydrogens is 190 g/mol. The maximum absolute atomic E-state index is 8.74. The summed E-state index contributed by atoms with van der Waals surface area (Å²) in [5.74, 6) is 0. The molecule has 0 bridgehead atoms. The van der Waals surface area contributed by atoms with Gasteiger partial charge in [-0.15, -0.1) is 0 Å². The zero-order valence-corrected chi connectivity index (χ0v) is 8.01. The zero-order chi connectivity index (χ0) is 10.5. The van der Waals surface area contributed by atoms with E-state index in [1.807, 2.05) is 24.3 Å². The van der Waals surface area contributed by atoms with Gasteiger partial charge in [0, 0.05) is 11.9 Å². The van der Waals surface area contributed by atoms with Gasteiger partial charge < -0.3 is 5.32 Å². The fourth-order valence-electron chi connectivity index (χ4n) is 1.27. The first kappa shape index (κ1) is 9.48. The van der Waals surface area contributed by atoms with Gasteiger partial charge in [0.2, 0.25) is 0 Å². The molecule has 15 heavy (non-hydrogen) atoms. The van der Waals surface area contributed by atoms with E-state index in [4.69, 9.17) is 5.21 Å². The van der Waals surface area contributed by atoms with Crippen molar-refractivity contribution in [2.24, 2.45) is 0 Å². The molecule has 0 spiro atoms. The van der Waals surface area contributed by atoms with Gasteiger partial charge >= 0.3 is 0 Å². The molecule has 2 rings (SSSR count). The third kappa shape index (κ3) is 2.45. The van der Waals surface area contributed by atoms with Crippen LogP contribution in [0.2, 0.25) is 0 Å². The summed E-state index contributed by atoms with van der Waals surface area (Å²) in [7, 11) is 0. The van der Waals surface area contributed by atoms with Crippen LogP contribution >= 0.6 is 0 Å². The fraction of sp³-hybridized carbons (Fsp3) is 0. The van der Waals surface area contributed by atoms with Crippen LogP contribution in [-0.4, -0.2) is 10.2 Å². The van der Waals surface area contributed by atoms with E-state index in [1.54, 1.807) is 24.5 Å². The van der Waals surface area contributed by atoms with Crippen LogP contribution in [-0.2, 0) is 0 Å². The van der Waals surface area contributed by atoms with Gasteiger partial charge in [0.15, 0.2) is 0 Å². The Hall–Kier alpha value is -2.07. The van der Waals surface area contributed by atoms with E-state index in [0.717, 1.165) is 11.4 Å². The molecule has 0 aliphatic rings. The van der Waals surface area contributed by atoms with E-state index in [2.05, 4.69) is 15.8 Å². The maximum Gasteiger partial charge on any atom is 0.0622 e. The quantitative estimate of drug-likeness (QED) is 0.668. The lowest BCUT2D eigenvalue weighted by Gasteiger charge is -2.06. The van der Waals surface area contributed by atoms with Crippen molar-refractivity contribution in [2.45, 2.75) is 0 Å². The van der Waals surface area contributed by atoms with Gasteiger partial charge in [0.05, 0.1) is 17.6 Å². The molecule has 76 valence electrons. The number of benzene rings is 1. The predicted molar refractivity (Wildman–Crippen MR) is 59.4 cm³/mol. The number of anilines is 3. The van der Waals surface area contributed by atoms with Crippen LogP contribution in [0.1, 0.15) is 0 Å². The van der Waals surface area contributed by atoms with Gasteiger partial charge in [-0.1, -0.05) is 6.07 Å². The van der Waals surface area contributed by atoms with Gasteiger partial charge in [-0.05, 0) is 30.3 Å².